The molecule has 6 nitrogen and oxygen atoms in total. The molecule has 0 radical (unpaired) electrons. The molecule has 120 valence electrons. The van der Waals surface area contributed by atoms with Gasteiger partial charge in [-0.15, -0.1) is 0 Å². The standard InChI is InChI=1S/C16H23N3O3/c1-17-9-13-7-8-19(11-13)16(21)10-18-15(20)12-22-14-5-3-2-4-6-14/h2-6,13,17H,7-12H2,1H3,(H,18,20). The Balaban J connectivity index is 1.65. The van der Waals surface area contributed by atoms with Gasteiger partial charge in [0, 0.05) is 13.1 Å². The van der Waals surface area contributed by atoms with Crippen LogP contribution in [0.15, 0.2) is 30.3 Å². The van der Waals surface area contributed by atoms with E-state index in [0.29, 0.717) is 11.7 Å². The molecule has 1 atom stereocenters. The third-order valence-corrected chi connectivity index (χ3v) is 3.68. The van der Waals surface area contributed by atoms with E-state index in [9.17, 15) is 9.59 Å². The van der Waals surface area contributed by atoms with E-state index < -0.39 is 0 Å². The molecule has 2 N–H and O–H groups in total. The first kappa shape index (κ1) is 16.3. The van der Waals surface area contributed by atoms with E-state index in [4.69, 9.17) is 4.74 Å². The van der Waals surface area contributed by atoms with E-state index >= 15 is 0 Å². The normalized spacial score (nSPS) is 17.3. The van der Waals surface area contributed by atoms with Gasteiger partial charge in [-0.1, -0.05) is 18.2 Å². The minimum atomic E-state index is -0.289. The number of rotatable bonds is 7. The maximum Gasteiger partial charge on any atom is 0.258 e. The van der Waals surface area contributed by atoms with Crippen LogP contribution in [0, 0.1) is 5.92 Å². The van der Waals surface area contributed by atoms with E-state index in [1.807, 2.05) is 25.2 Å². The van der Waals surface area contributed by atoms with Gasteiger partial charge in [0.15, 0.2) is 6.61 Å². The summed E-state index contributed by atoms with van der Waals surface area (Å²) in [6.45, 7) is 2.39. The number of likely N-dealkylation sites (tertiary alicyclic amines) is 1. The van der Waals surface area contributed by atoms with Crippen LogP contribution in [0.2, 0.25) is 0 Å². The van der Waals surface area contributed by atoms with Crippen LogP contribution in [0.4, 0.5) is 0 Å². The van der Waals surface area contributed by atoms with E-state index in [1.165, 1.54) is 0 Å². The molecule has 2 rings (SSSR count). The topological polar surface area (TPSA) is 70.7 Å². The van der Waals surface area contributed by atoms with Gasteiger partial charge in [0.05, 0.1) is 6.54 Å². The van der Waals surface area contributed by atoms with Crippen LogP contribution in [0.25, 0.3) is 0 Å². The molecule has 0 saturated carbocycles. The van der Waals surface area contributed by atoms with E-state index in [0.717, 1.165) is 26.1 Å². The van der Waals surface area contributed by atoms with Crippen molar-refractivity contribution in [2.45, 2.75) is 6.42 Å². The molecule has 1 aliphatic rings. The van der Waals surface area contributed by atoms with Crippen molar-refractivity contribution in [3.63, 3.8) is 0 Å². The molecule has 1 aromatic rings. The van der Waals surface area contributed by atoms with Crippen molar-refractivity contribution in [1.29, 1.82) is 0 Å². The SMILES string of the molecule is CNCC1CCN(C(=O)CNC(=O)COc2ccccc2)C1. The largest absolute Gasteiger partial charge is 0.484 e. The molecule has 0 bridgehead atoms. The minimum absolute atomic E-state index is 0.0310. The fraction of sp³-hybridized carbons (Fsp3) is 0.500. The Hall–Kier alpha value is -2.08. The molecule has 2 amide bonds. The Morgan fingerprint density at radius 2 is 2.09 bits per heavy atom. The number of benzene rings is 1. The van der Waals surface area contributed by atoms with Gasteiger partial charge < -0.3 is 20.3 Å². The lowest BCUT2D eigenvalue weighted by Gasteiger charge is -2.17. The molecule has 1 unspecified atom stereocenters. The second-order valence-corrected chi connectivity index (χ2v) is 5.43. The van der Waals surface area contributed by atoms with Gasteiger partial charge in [-0.2, -0.15) is 0 Å². The van der Waals surface area contributed by atoms with Crippen molar-refractivity contribution in [2.24, 2.45) is 5.92 Å². The highest BCUT2D eigenvalue weighted by molar-refractivity contribution is 5.85. The number of amides is 2. The second-order valence-electron chi connectivity index (χ2n) is 5.43. The predicted molar refractivity (Wildman–Crippen MR) is 83.6 cm³/mol. The maximum atomic E-state index is 12.0. The zero-order chi connectivity index (χ0) is 15.8. The Morgan fingerprint density at radius 3 is 2.82 bits per heavy atom. The van der Waals surface area contributed by atoms with Crippen molar-refractivity contribution >= 4 is 11.8 Å². The quantitative estimate of drug-likeness (QED) is 0.757. The molecule has 0 aromatic heterocycles. The highest BCUT2D eigenvalue weighted by Gasteiger charge is 2.25. The van der Waals surface area contributed by atoms with Crippen LogP contribution in [0.1, 0.15) is 6.42 Å². The molecule has 6 heteroatoms. The van der Waals surface area contributed by atoms with Crippen LogP contribution >= 0.6 is 0 Å². The molecule has 1 fully saturated rings. The average molecular weight is 305 g/mol. The molecule has 1 aliphatic heterocycles. The fourth-order valence-corrected chi connectivity index (χ4v) is 2.52. The highest BCUT2D eigenvalue weighted by atomic mass is 16.5. The van der Waals surface area contributed by atoms with Crippen LogP contribution in [-0.2, 0) is 9.59 Å². The van der Waals surface area contributed by atoms with Gasteiger partial charge in [0.25, 0.3) is 5.91 Å². The monoisotopic (exact) mass is 305 g/mol. The Bertz CT molecular complexity index is 493. The first-order valence-corrected chi connectivity index (χ1v) is 7.56. The van der Waals surface area contributed by atoms with Crippen LogP contribution in [-0.4, -0.2) is 56.5 Å². The first-order valence-electron chi connectivity index (χ1n) is 7.56. The van der Waals surface area contributed by atoms with Crippen LogP contribution in [0.5, 0.6) is 5.75 Å². The lowest BCUT2D eigenvalue weighted by molar-refractivity contribution is -0.132. The molecule has 1 aromatic carbocycles. The second kappa shape index (κ2) is 8.38. The summed E-state index contributed by atoms with van der Waals surface area (Å²) in [5.74, 6) is 0.819. The van der Waals surface area contributed by atoms with Gasteiger partial charge in [-0.05, 0) is 38.1 Å². The highest BCUT2D eigenvalue weighted by Crippen LogP contribution is 2.15. The number of nitrogens with zero attached hydrogens (tertiary/aromatic N) is 1. The minimum Gasteiger partial charge on any atom is -0.484 e. The third kappa shape index (κ3) is 5.04. The summed E-state index contributed by atoms with van der Waals surface area (Å²) in [6, 6.07) is 9.12. The number of carbonyl (C=O) groups excluding carboxylic acids is 2. The lowest BCUT2D eigenvalue weighted by Crippen LogP contribution is -2.40. The third-order valence-electron chi connectivity index (χ3n) is 3.68. The molecule has 22 heavy (non-hydrogen) atoms. The smallest absolute Gasteiger partial charge is 0.258 e. The number of hydrogen-bond donors (Lipinski definition) is 2. The predicted octanol–water partition coefficient (Wildman–Crippen LogP) is 0.250. The van der Waals surface area contributed by atoms with Crippen LogP contribution < -0.4 is 15.4 Å². The maximum absolute atomic E-state index is 12.0. The lowest BCUT2D eigenvalue weighted by atomic mass is 10.1. The Labute approximate surface area is 130 Å². The molecular formula is C16H23N3O3. The summed E-state index contributed by atoms with van der Waals surface area (Å²) in [5.41, 5.74) is 0. The molecule has 1 heterocycles. The van der Waals surface area contributed by atoms with Gasteiger partial charge >= 0.3 is 0 Å². The van der Waals surface area contributed by atoms with E-state index in [-0.39, 0.29) is 25.0 Å². The molecular weight excluding hydrogens is 282 g/mol. The van der Waals surface area contributed by atoms with Gasteiger partial charge in [-0.25, -0.2) is 0 Å². The first-order chi connectivity index (χ1) is 10.7. The Kier molecular flexibility index (Phi) is 6.21. The average Bonchev–Trinajstić information content (AvgIpc) is 3.01. The number of nitrogens with one attached hydrogen (secondary N) is 2. The van der Waals surface area contributed by atoms with Crippen molar-refractivity contribution in [1.82, 2.24) is 15.5 Å². The number of hydrogen-bond acceptors (Lipinski definition) is 4. The summed E-state index contributed by atoms with van der Waals surface area (Å²) in [7, 11) is 1.91. The zero-order valence-electron chi connectivity index (χ0n) is 12.9. The molecule has 0 aliphatic carbocycles. The molecule has 1 saturated heterocycles. The van der Waals surface area contributed by atoms with Crippen molar-refractivity contribution in [3.05, 3.63) is 30.3 Å². The fourth-order valence-electron chi connectivity index (χ4n) is 2.52. The summed E-state index contributed by atoms with van der Waals surface area (Å²) in [5, 5.41) is 5.73. The number of carbonyl (C=O) groups is 2. The summed E-state index contributed by atoms with van der Waals surface area (Å²) < 4.78 is 5.33. The summed E-state index contributed by atoms with van der Waals surface area (Å²) in [4.78, 5) is 25.5. The van der Waals surface area contributed by atoms with E-state index in [2.05, 4.69) is 10.6 Å². The number of para-hydroxylation sites is 1. The van der Waals surface area contributed by atoms with Gasteiger partial charge in [-0.3, -0.25) is 9.59 Å². The summed E-state index contributed by atoms with van der Waals surface area (Å²) in [6.07, 6.45) is 1.01. The Morgan fingerprint density at radius 1 is 1.32 bits per heavy atom. The summed E-state index contributed by atoms with van der Waals surface area (Å²) >= 11 is 0. The number of ether oxygens (including phenoxy) is 1. The van der Waals surface area contributed by atoms with Crippen LogP contribution in [0.3, 0.4) is 0 Å². The van der Waals surface area contributed by atoms with Gasteiger partial charge in [0.1, 0.15) is 5.75 Å². The molecule has 0 spiro atoms. The van der Waals surface area contributed by atoms with E-state index in [1.54, 1.807) is 17.0 Å². The van der Waals surface area contributed by atoms with Crippen molar-refractivity contribution in [3.8, 4) is 5.75 Å². The van der Waals surface area contributed by atoms with Crippen molar-refractivity contribution < 1.29 is 14.3 Å². The van der Waals surface area contributed by atoms with Crippen molar-refractivity contribution in [2.75, 3.05) is 39.8 Å². The van der Waals surface area contributed by atoms with Gasteiger partial charge in [0.2, 0.25) is 5.91 Å². The zero-order valence-corrected chi connectivity index (χ0v) is 12.9.